The lowest BCUT2D eigenvalue weighted by molar-refractivity contribution is 0.0954. The molecular formula is C23H20N2O5. The highest BCUT2D eigenvalue weighted by Gasteiger charge is 2.17. The number of fused-ring (bicyclic) bond motifs is 1. The molecule has 0 aliphatic heterocycles. The van der Waals surface area contributed by atoms with Crippen molar-refractivity contribution in [2.45, 2.75) is 6.42 Å². The lowest BCUT2D eigenvalue weighted by Gasteiger charge is -2.09. The van der Waals surface area contributed by atoms with Crippen molar-refractivity contribution < 1.29 is 24.2 Å². The van der Waals surface area contributed by atoms with Crippen molar-refractivity contribution >= 4 is 17.0 Å². The molecule has 0 atom stereocenters. The summed E-state index contributed by atoms with van der Waals surface area (Å²) in [4.78, 5) is 16.8. The number of ether oxygens (including phenoxy) is 1. The Morgan fingerprint density at radius 3 is 2.60 bits per heavy atom. The fourth-order valence-corrected chi connectivity index (χ4v) is 3.24. The smallest absolute Gasteiger partial charge is 0.251 e. The van der Waals surface area contributed by atoms with Crippen molar-refractivity contribution in [3.63, 3.8) is 0 Å². The highest BCUT2D eigenvalue weighted by Crippen LogP contribution is 2.37. The number of aromatic nitrogens is 1. The van der Waals surface area contributed by atoms with Gasteiger partial charge in [-0.15, -0.1) is 0 Å². The number of nitrogens with zero attached hydrogens (tertiary/aromatic N) is 1. The van der Waals surface area contributed by atoms with Crippen LogP contribution in [0, 0.1) is 0 Å². The lowest BCUT2D eigenvalue weighted by atomic mass is 10.1. The van der Waals surface area contributed by atoms with Gasteiger partial charge >= 0.3 is 0 Å². The van der Waals surface area contributed by atoms with E-state index in [0.29, 0.717) is 29.6 Å². The Balaban J connectivity index is 1.50. The average Bonchev–Trinajstić information content (AvgIpc) is 3.16. The molecule has 7 heteroatoms. The van der Waals surface area contributed by atoms with Crippen molar-refractivity contribution in [2.75, 3.05) is 13.7 Å². The lowest BCUT2D eigenvalue weighted by Crippen LogP contribution is -2.25. The van der Waals surface area contributed by atoms with Crippen molar-refractivity contribution in [1.29, 1.82) is 0 Å². The van der Waals surface area contributed by atoms with Gasteiger partial charge in [-0.3, -0.25) is 4.79 Å². The number of hydrogen-bond donors (Lipinski definition) is 3. The number of para-hydroxylation sites is 1. The van der Waals surface area contributed by atoms with Crippen LogP contribution in [-0.4, -0.2) is 34.8 Å². The van der Waals surface area contributed by atoms with Crippen molar-refractivity contribution in [1.82, 2.24) is 10.3 Å². The molecule has 0 saturated carbocycles. The first kappa shape index (κ1) is 19.3. The van der Waals surface area contributed by atoms with Crippen LogP contribution in [0.25, 0.3) is 22.6 Å². The quantitative estimate of drug-likeness (QED) is 0.450. The van der Waals surface area contributed by atoms with Crippen molar-refractivity contribution in [3.05, 3.63) is 71.8 Å². The van der Waals surface area contributed by atoms with E-state index in [-0.39, 0.29) is 28.9 Å². The van der Waals surface area contributed by atoms with Crippen LogP contribution in [0.2, 0.25) is 0 Å². The first-order valence-corrected chi connectivity index (χ1v) is 9.39. The summed E-state index contributed by atoms with van der Waals surface area (Å²) in [5.74, 6) is 0.339. The van der Waals surface area contributed by atoms with Gasteiger partial charge in [-0.1, -0.05) is 24.3 Å². The predicted octanol–water partition coefficient (Wildman–Crippen LogP) is 3.89. The van der Waals surface area contributed by atoms with Gasteiger partial charge in [0.2, 0.25) is 5.89 Å². The molecule has 0 fully saturated rings. The molecule has 7 nitrogen and oxygen atoms in total. The molecule has 0 spiro atoms. The van der Waals surface area contributed by atoms with Gasteiger partial charge in [0.15, 0.2) is 5.58 Å². The van der Waals surface area contributed by atoms with E-state index in [2.05, 4.69) is 10.3 Å². The Hall–Kier alpha value is -4.00. The summed E-state index contributed by atoms with van der Waals surface area (Å²) in [5.41, 5.74) is 2.43. The molecule has 0 aliphatic rings. The van der Waals surface area contributed by atoms with Crippen molar-refractivity contribution in [3.8, 4) is 28.7 Å². The van der Waals surface area contributed by atoms with Crippen LogP contribution < -0.4 is 10.1 Å². The van der Waals surface area contributed by atoms with E-state index < -0.39 is 0 Å². The largest absolute Gasteiger partial charge is 0.507 e. The Kier molecular flexibility index (Phi) is 5.26. The zero-order valence-electron chi connectivity index (χ0n) is 16.3. The van der Waals surface area contributed by atoms with E-state index in [1.807, 2.05) is 24.3 Å². The number of amides is 1. The Bertz CT molecular complexity index is 1200. The van der Waals surface area contributed by atoms with E-state index in [4.69, 9.17) is 9.15 Å². The van der Waals surface area contributed by atoms with Crippen LogP contribution in [-0.2, 0) is 6.42 Å². The minimum Gasteiger partial charge on any atom is -0.507 e. The van der Waals surface area contributed by atoms with Crippen LogP contribution in [0.15, 0.2) is 65.1 Å². The standard InChI is InChI=1S/C23H20N2O5/c1-29-19-8-3-2-5-14(19)11-12-24-22(28)15-9-10-16-20(13-15)30-23(25-16)21-17(26)6-4-7-18(21)27/h2-10,13,26-27H,11-12H2,1H3,(H,24,28). The number of aromatic hydroxyl groups is 2. The molecule has 152 valence electrons. The third-order valence-electron chi connectivity index (χ3n) is 4.76. The van der Waals surface area contributed by atoms with E-state index in [9.17, 15) is 15.0 Å². The van der Waals surface area contributed by atoms with E-state index in [1.165, 1.54) is 18.2 Å². The second-order valence-corrected chi connectivity index (χ2v) is 6.69. The third-order valence-corrected chi connectivity index (χ3v) is 4.76. The molecule has 0 unspecified atom stereocenters. The number of phenols is 2. The van der Waals surface area contributed by atoms with Gasteiger partial charge in [0, 0.05) is 12.1 Å². The summed E-state index contributed by atoms with van der Waals surface area (Å²) >= 11 is 0. The van der Waals surface area contributed by atoms with E-state index in [1.54, 1.807) is 25.3 Å². The minimum atomic E-state index is -0.241. The molecule has 4 aromatic rings. The number of methoxy groups -OCH3 is 1. The summed E-state index contributed by atoms with van der Waals surface area (Å²) in [6, 6.07) is 17.0. The monoisotopic (exact) mass is 404 g/mol. The maximum atomic E-state index is 12.5. The predicted molar refractivity (Wildman–Crippen MR) is 112 cm³/mol. The molecule has 3 aromatic carbocycles. The third kappa shape index (κ3) is 3.77. The first-order valence-electron chi connectivity index (χ1n) is 9.39. The molecule has 30 heavy (non-hydrogen) atoms. The highest BCUT2D eigenvalue weighted by atomic mass is 16.5. The molecule has 1 aromatic heterocycles. The Labute approximate surface area is 172 Å². The molecule has 0 aliphatic carbocycles. The number of benzene rings is 3. The molecular weight excluding hydrogens is 384 g/mol. The van der Waals surface area contributed by atoms with E-state index in [0.717, 1.165) is 11.3 Å². The summed E-state index contributed by atoms with van der Waals surface area (Å²) in [6.07, 6.45) is 0.636. The maximum Gasteiger partial charge on any atom is 0.251 e. The van der Waals surface area contributed by atoms with Gasteiger partial charge in [0.05, 0.1) is 7.11 Å². The average molecular weight is 404 g/mol. The fraction of sp³-hybridized carbons (Fsp3) is 0.130. The Morgan fingerprint density at radius 1 is 1.07 bits per heavy atom. The number of rotatable bonds is 6. The number of hydrogen-bond acceptors (Lipinski definition) is 6. The molecule has 4 rings (SSSR count). The second-order valence-electron chi connectivity index (χ2n) is 6.69. The first-order chi connectivity index (χ1) is 14.6. The molecule has 1 amide bonds. The second kappa shape index (κ2) is 8.16. The highest BCUT2D eigenvalue weighted by molar-refractivity contribution is 5.97. The van der Waals surface area contributed by atoms with Crippen LogP contribution in [0.5, 0.6) is 17.2 Å². The van der Waals surface area contributed by atoms with Crippen LogP contribution in [0.4, 0.5) is 0 Å². The van der Waals surface area contributed by atoms with Crippen LogP contribution in [0.3, 0.4) is 0 Å². The van der Waals surface area contributed by atoms with Gasteiger partial charge in [-0.2, -0.15) is 0 Å². The number of oxazole rings is 1. The zero-order valence-corrected chi connectivity index (χ0v) is 16.3. The maximum absolute atomic E-state index is 12.5. The summed E-state index contributed by atoms with van der Waals surface area (Å²) in [6.45, 7) is 0.449. The summed E-state index contributed by atoms with van der Waals surface area (Å²) < 4.78 is 11.0. The number of carbonyl (C=O) groups excluding carboxylic acids is 1. The van der Waals surface area contributed by atoms with E-state index >= 15 is 0 Å². The SMILES string of the molecule is COc1ccccc1CCNC(=O)c1ccc2nc(-c3c(O)cccc3O)oc2c1. The van der Waals surface area contributed by atoms with Gasteiger partial charge in [-0.05, 0) is 48.4 Å². The number of carbonyl (C=O) groups is 1. The number of phenolic OH excluding ortho intramolecular Hbond substituents is 2. The van der Waals surface area contributed by atoms with Gasteiger partial charge in [0.1, 0.15) is 28.3 Å². The van der Waals surface area contributed by atoms with Crippen molar-refractivity contribution in [2.24, 2.45) is 0 Å². The van der Waals surface area contributed by atoms with Crippen LogP contribution >= 0.6 is 0 Å². The molecule has 3 N–H and O–H groups in total. The molecule has 0 radical (unpaired) electrons. The fourth-order valence-electron chi connectivity index (χ4n) is 3.24. The van der Waals surface area contributed by atoms with Crippen LogP contribution in [0.1, 0.15) is 15.9 Å². The van der Waals surface area contributed by atoms with Gasteiger partial charge in [-0.25, -0.2) is 4.98 Å². The normalized spacial score (nSPS) is 10.8. The topological polar surface area (TPSA) is 105 Å². The zero-order chi connectivity index (χ0) is 21.1. The van der Waals surface area contributed by atoms with Gasteiger partial charge in [0.25, 0.3) is 5.91 Å². The minimum absolute atomic E-state index is 0.0781. The molecule has 0 bridgehead atoms. The summed E-state index contributed by atoms with van der Waals surface area (Å²) in [7, 11) is 1.62. The van der Waals surface area contributed by atoms with Gasteiger partial charge < -0.3 is 24.7 Å². The Morgan fingerprint density at radius 2 is 1.83 bits per heavy atom. The number of nitrogens with one attached hydrogen (secondary N) is 1. The summed E-state index contributed by atoms with van der Waals surface area (Å²) in [5, 5.41) is 22.9. The molecule has 0 saturated heterocycles. The molecule has 1 heterocycles.